The van der Waals surface area contributed by atoms with Gasteiger partial charge in [0.25, 0.3) is 5.91 Å². The molecule has 1 aromatic heterocycles. The molecule has 0 bridgehead atoms. The second-order valence-electron chi connectivity index (χ2n) is 6.60. The van der Waals surface area contributed by atoms with Gasteiger partial charge in [0.05, 0.1) is 12.1 Å². The molecule has 1 heterocycles. The van der Waals surface area contributed by atoms with E-state index in [1.807, 2.05) is 6.08 Å². The number of furan rings is 1. The van der Waals surface area contributed by atoms with E-state index >= 15 is 0 Å². The highest BCUT2D eigenvalue weighted by atomic mass is 16.6. The molecule has 1 aromatic rings. The maximum Gasteiger partial charge on any atom is 0.408 e. The fourth-order valence-electron chi connectivity index (χ4n) is 2.25. The van der Waals surface area contributed by atoms with E-state index in [1.54, 1.807) is 26.8 Å². The number of carbonyl (C=O) groups excluding carboxylic acids is 2. The van der Waals surface area contributed by atoms with Crippen molar-refractivity contribution in [2.75, 3.05) is 0 Å². The van der Waals surface area contributed by atoms with Gasteiger partial charge in [-0.2, -0.15) is 0 Å². The zero-order valence-corrected chi connectivity index (χ0v) is 13.8. The van der Waals surface area contributed by atoms with Crippen LogP contribution in [0.3, 0.4) is 0 Å². The van der Waals surface area contributed by atoms with Gasteiger partial charge in [-0.3, -0.25) is 4.79 Å². The first-order chi connectivity index (χ1) is 10.8. The highest BCUT2D eigenvalue weighted by Crippen LogP contribution is 2.13. The predicted octanol–water partition coefficient (Wildman–Crippen LogP) is 3.14. The summed E-state index contributed by atoms with van der Waals surface area (Å²) in [5.41, 5.74) is -0.101. The third kappa shape index (κ3) is 5.81. The molecule has 2 N–H and O–H groups in total. The summed E-state index contributed by atoms with van der Waals surface area (Å²) < 4.78 is 10.4. The average Bonchev–Trinajstić information content (AvgIpc) is 2.93. The highest BCUT2D eigenvalue weighted by Gasteiger charge is 2.18. The van der Waals surface area contributed by atoms with Crippen LogP contribution >= 0.6 is 0 Å². The van der Waals surface area contributed by atoms with E-state index < -0.39 is 11.7 Å². The summed E-state index contributed by atoms with van der Waals surface area (Å²) in [4.78, 5) is 23.7. The van der Waals surface area contributed by atoms with Gasteiger partial charge in [-0.15, -0.1) is 0 Å². The van der Waals surface area contributed by atoms with Gasteiger partial charge >= 0.3 is 6.09 Å². The number of allylic oxidation sites excluding steroid dienone is 1. The lowest BCUT2D eigenvalue weighted by Gasteiger charge is -2.19. The summed E-state index contributed by atoms with van der Waals surface area (Å²) in [7, 11) is 0. The third-order valence-corrected chi connectivity index (χ3v) is 3.29. The summed E-state index contributed by atoms with van der Waals surface area (Å²) in [6.07, 6.45) is 8.08. The Morgan fingerprint density at radius 3 is 2.83 bits per heavy atom. The molecule has 1 aliphatic rings. The molecule has 2 amide bonds. The number of hydrogen-bond acceptors (Lipinski definition) is 4. The molecule has 126 valence electrons. The number of amides is 2. The lowest BCUT2D eigenvalue weighted by Crippen LogP contribution is -2.34. The standard InChI is InChI=1S/C17H24N2O4/c1-17(2,3)23-16(21)18-10-14-9-12(11-22-14)15(20)19-13-7-5-4-6-8-13/h5,7,9,11,13H,4,6,8,10H2,1-3H3,(H,18,21)(H,19,20). The van der Waals surface area contributed by atoms with E-state index in [9.17, 15) is 9.59 Å². The van der Waals surface area contributed by atoms with E-state index in [0.717, 1.165) is 19.3 Å². The Morgan fingerprint density at radius 2 is 2.17 bits per heavy atom. The zero-order chi connectivity index (χ0) is 16.9. The van der Waals surface area contributed by atoms with Crippen molar-refractivity contribution in [3.63, 3.8) is 0 Å². The van der Waals surface area contributed by atoms with Gasteiger partial charge in [0.15, 0.2) is 0 Å². The van der Waals surface area contributed by atoms with Crippen LogP contribution in [0.25, 0.3) is 0 Å². The largest absolute Gasteiger partial charge is 0.467 e. The van der Waals surface area contributed by atoms with Crippen LogP contribution in [0, 0.1) is 0 Å². The van der Waals surface area contributed by atoms with E-state index in [1.165, 1.54) is 6.26 Å². The Balaban J connectivity index is 1.82. The fraction of sp³-hybridized carbons (Fsp3) is 0.529. The first kappa shape index (κ1) is 17.1. The van der Waals surface area contributed by atoms with Gasteiger partial charge < -0.3 is 19.8 Å². The Morgan fingerprint density at radius 1 is 1.39 bits per heavy atom. The first-order valence-corrected chi connectivity index (χ1v) is 7.85. The number of ether oxygens (including phenoxy) is 1. The van der Waals surface area contributed by atoms with Crippen LogP contribution in [0.15, 0.2) is 28.9 Å². The molecule has 0 radical (unpaired) electrons. The molecular formula is C17H24N2O4. The molecule has 0 saturated heterocycles. The molecule has 0 aliphatic heterocycles. The minimum absolute atomic E-state index is 0.0782. The molecule has 2 rings (SSSR count). The molecule has 0 aromatic carbocycles. The van der Waals surface area contributed by atoms with E-state index in [-0.39, 0.29) is 18.5 Å². The van der Waals surface area contributed by atoms with Crippen molar-refractivity contribution in [1.82, 2.24) is 10.6 Å². The monoisotopic (exact) mass is 320 g/mol. The normalized spacial score (nSPS) is 17.6. The van der Waals surface area contributed by atoms with Crippen molar-refractivity contribution in [3.8, 4) is 0 Å². The second kappa shape index (κ2) is 7.35. The molecule has 0 fully saturated rings. The zero-order valence-electron chi connectivity index (χ0n) is 13.8. The van der Waals surface area contributed by atoms with Gasteiger partial charge in [0.2, 0.25) is 0 Å². The van der Waals surface area contributed by atoms with E-state index in [2.05, 4.69) is 16.7 Å². The van der Waals surface area contributed by atoms with Crippen LogP contribution in [0.2, 0.25) is 0 Å². The smallest absolute Gasteiger partial charge is 0.408 e. The molecule has 0 saturated carbocycles. The van der Waals surface area contributed by atoms with Crippen molar-refractivity contribution in [2.24, 2.45) is 0 Å². The molecule has 6 nitrogen and oxygen atoms in total. The Kier molecular flexibility index (Phi) is 5.47. The topological polar surface area (TPSA) is 80.6 Å². The molecule has 23 heavy (non-hydrogen) atoms. The van der Waals surface area contributed by atoms with Crippen molar-refractivity contribution in [2.45, 2.75) is 58.2 Å². The van der Waals surface area contributed by atoms with Crippen molar-refractivity contribution in [1.29, 1.82) is 0 Å². The van der Waals surface area contributed by atoms with Crippen LogP contribution < -0.4 is 10.6 Å². The first-order valence-electron chi connectivity index (χ1n) is 7.85. The van der Waals surface area contributed by atoms with Gasteiger partial charge in [0, 0.05) is 6.04 Å². The molecular weight excluding hydrogens is 296 g/mol. The summed E-state index contributed by atoms with van der Waals surface area (Å²) >= 11 is 0. The van der Waals surface area contributed by atoms with Crippen LogP contribution in [0.4, 0.5) is 4.79 Å². The number of nitrogens with one attached hydrogen (secondary N) is 2. The molecule has 1 unspecified atom stereocenters. The van der Waals surface area contributed by atoms with Gasteiger partial charge in [-0.05, 0) is 46.1 Å². The van der Waals surface area contributed by atoms with Crippen molar-refractivity contribution < 1.29 is 18.7 Å². The molecule has 1 aliphatic carbocycles. The second-order valence-corrected chi connectivity index (χ2v) is 6.60. The van der Waals surface area contributed by atoms with Crippen LogP contribution in [0.5, 0.6) is 0 Å². The van der Waals surface area contributed by atoms with Crippen molar-refractivity contribution >= 4 is 12.0 Å². The molecule has 6 heteroatoms. The summed E-state index contributed by atoms with van der Waals surface area (Å²) in [5, 5.41) is 5.54. The summed E-state index contributed by atoms with van der Waals surface area (Å²) in [6, 6.07) is 1.70. The number of hydrogen-bond donors (Lipinski definition) is 2. The Bertz CT molecular complexity index is 584. The van der Waals surface area contributed by atoms with Crippen LogP contribution in [0.1, 0.15) is 56.2 Å². The maximum atomic E-state index is 12.1. The fourth-order valence-corrected chi connectivity index (χ4v) is 2.25. The number of rotatable bonds is 4. The third-order valence-electron chi connectivity index (χ3n) is 3.29. The van der Waals surface area contributed by atoms with Crippen LogP contribution in [-0.2, 0) is 11.3 Å². The van der Waals surface area contributed by atoms with Crippen LogP contribution in [-0.4, -0.2) is 23.6 Å². The number of carbonyl (C=O) groups is 2. The quantitative estimate of drug-likeness (QED) is 0.835. The lowest BCUT2D eigenvalue weighted by molar-refractivity contribution is 0.0519. The Labute approximate surface area is 136 Å². The molecule has 0 spiro atoms. The average molecular weight is 320 g/mol. The highest BCUT2D eigenvalue weighted by molar-refractivity contribution is 5.94. The minimum atomic E-state index is -0.550. The van der Waals surface area contributed by atoms with Gasteiger partial charge in [-0.25, -0.2) is 4.79 Å². The van der Waals surface area contributed by atoms with Gasteiger partial charge in [-0.1, -0.05) is 12.2 Å². The van der Waals surface area contributed by atoms with Gasteiger partial charge in [0.1, 0.15) is 17.6 Å². The Hall–Kier alpha value is -2.24. The van der Waals surface area contributed by atoms with Crippen molar-refractivity contribution in [3.05, 3.63) is 35.8 Å². The summed E-state index contributed by atoms with van der Waals surface area (Å²) in [6.45, 7) is 5.55. The SMILES string of the molecule is CC(C)(C)OC(=O)NCc1cc(C(=O)NC2C=CCCC2)co1. The number of alkyl carbamates (subject to hydrolysis) is 1. The lowest BCUT2D eigenvalue weighted by atomic mass is 10.0. The minimum Gasteiger partial charge on any atom is -0.467 e. The molecule has 1 atom stereocenters. The van der Waals surface area contributed by atoms with E-state index in [0.29, 0.717) is 11.3 Å². The van der Waals surface area contributed by atoms with E-state index in [4.69, 9.17) is 9.15 Å². The maximum absolute atomic E-state index is 12.1. The predicted molar refractivity (Wildman–Crippen MR) is 86.0 cm³/mol. The summed E-state index contributed by atoms with van der Waals surface area (Å²) in [5.74, 6) is 0.328.